The van der Waals surface area contributed by atoms with E-state index >= 15 is 0 Å². The van der Waals surface area contributed by atoms with Crippen LogP contribution in [0.1, 0.15) is 75.1 Å². The highest BCUT2D eigenvalue weighted by molar-refractivity contribution is 6.01. The van der Waals surface area contributed by atoms with E-state index in [1.165, 1.54) is 16.6 Å². The number of aryl methyl sites for hydroxylation is 1. The van der Waals surface area contributed by atoms with E-state index in [0.717, 1.165) is 68.0 Å². The van der Waals surface area contributed by atoms with Crippen LogP contribution in [0.15, 0.2) is 78.9 Å². The third kappa shape index (κ3) is 6.06. The highest BCUT2D eigenvalue weighted by Gasteiger charge is 2.60. The van der Waals surface area contributed by atoms with Gasteiger partial charge < -0.3 is 24.8 Å². The molecule has 7 heteroatoms. The molecule has 1 aliphatic heterocycles. The van der Waals surface area contributed by atoms with Crippen LogP contribution in [0.2, 0.25) is 0 Å². The maximum Gasteiger partial charge on any atom is 0.250 e. The lowest BCUT2D eigenvalue weighted by Gasteiger charge is -2.45. The molecule has 0 spiro atoms. The first kappa shape index (κ1) is 31.5. The van der Waals surface area contributed by atoms with Crippen LogP contribution in [0.5, 0.6) is 0 Å². The smallest absolute Gasteiger partial charge is 0.250 e. The fraction of sp³-hybridized carbons (Fsp3) is 0.450. The zero-order valence-corrected chi connectivity index (χ0v) is 28.1. The number of morpholine rings is 1. The molecule has 7 nitrogen and oxygen atoms in total. The van der Waals surface area contributed by atoms with Crippen LogP contribution < -0.4 is 10.2 Å². The molecule has 246 valence electrons. The Hall–Kier alpha value is -4.10. The average molecular weight is 633 g/mol. The first-order valence-corrected chi connectivity index (χ1v) is 17.4. The molecule has 47 heavy (non-hydrogen) atoms. The van der Waals surface area contributed by atoms with Gasteiger partial charge in [0.2, 0.25) is 11.8 Å². The van der Waals surface area contributed by atoms with Crippen molar-refractivity contribution in [3.05, 3.63) is 95.7 Å². The van der Waals surface area contributed by atoms with Gasteiger partial charge >= 0.3 is 0 Å². The van der Waals surface area contributed by atoms with Crippen molar-refractivity contribution in [1.82, 2.24) is 9.88 Å². The van der Waals surface area contributed by atoms with Gasteiger partial charge in [0.15, 0.2) is 0 Å². The summed E-state index contributed by atoms with van der Waals surface area (Å²) in [4.78, 5) is 37.1. The van der Waals surface area contributed by atoms with Gasteiger partial charge in [-0.05, 0) is 78.5 Å². The van der Waals surface area contributed by atoms with E-state index in [1.807, 2.05) is 35.2 Å². The monoisotopic (exact) mass is 632 g/mol. The van der Waals surface area contributed by atoms with Gasteiger partial charge in [0.05, 0.1) is 13.2 Å². The lowest BCUT2D eigenvalue weighted by molar-refractivity contribution is -0.149. The summed E-state index contributed by atoms with van der Waals surface area (Å²) in [5, 5.41) is 4.52. The van der Waals surface area contributed by atoms with Gasteiger partial charge in [0, 0.05) is 54.0 Å². The van der Waals surface area contributed by atoms with Gasteiger partial charge in [-0.1, -0.05) is 81.6 Å². The third-order valence-electron chi connectivity index (χ3n) is 11.3. The zero-order chi connectivity index (χ0) is 32.6. The molecule has 1 aromatic heterocycles. The first-order valence-electron chi connectivity index (χ1n) is 17.4. The van der Waals surface area contributed by atoms with Crippen molar-refractivity contribution in [1.29, 1.82) is 0 Å². The Balaban J connectivity index is 1.17. The Morgan fingerprint density at radius 1 is 0.915 bits per heavy atom. The van der Waals surface area contributed by atoms with Crippen molar-refractivity contribution >= 4 is 34.1 Å². The number of amides is 2. The molecular weight excluding hydrogens is 584 g/mol. The van der Waals surface area contributed by atoms with Crippen molar-refractivity contribution in [3.63, 3.8) is 0 Å². The van der Waals surface area contributed by atoms with E-state index in [9.17, 15) is 9.59 Å². The number of nitrogens with zero attached hydrogens (tertiary/aromatic N) is 2. The van der Waals surface area contributed by atoms with Crippen molar-refractivity contribution in [2.45, 2.75) is 77.3 Å². The van der Waals surface area contributed by atoms with Crippen LogP contribution in [0.4, 0.5) is 11.4 Å². The van der Waals surface area contributed by atoms with E-state index in [2.05, 4.69) is 84.5 Å². The maximum atomic E-state index is 14.8. The van der Waals surface area contributed by atoms with Crippen LogP contribution in [-0.2, 0) is 20.9 Å². The number of benzene rings is 3. The van der Waals surface area contributed by atoms with Gasteiger partial charge in [-0.25, -0.2) is 0 Å². The Kier molecular flexibility index (Phi) is 8.60. The molecule has 0 radical (unpaired) electrons. The molecule has 3 aromatic carbocycles. The highest BCUT2D eigenvalue weighted by atomic mass is 16.5. The number of aromatic nitrogens is 1. The summed E-state index contributed by atoms with van der Waals surface area (Å²) in [5.41, 5.74) is 5.69. The number of ether oxygens (including phenoxy) is 1. The topological polar surface area (TPSA) is 77.7 Å². The van der Waals surface area contributed by atoms with E-state index in [-0.39, 0.29) is 29.1 Å². The molecular formula is C40H48N4O3. The number of carbonyl (C=O) groups is 2. The summed E-state index contributed by atoms with van der Waals surface area (Å²) in [5.74, 6) is 0.483. The highest BCUT2D eigenvalue weighted by Crippen LogP contribution is 2.67. The van der Waals surface area contributed by atoms with Crippen molar-refractivity contribution in [3.8, 4) is 0 Å². The molecule has 3 fully saturated rings. The number of fused-ring (bicyclic) bond motifs is 1. The van der Waals surface area contributed by atoms with E-state index in [0.29, 0.717) is 25.8 Å². The fourth-order valence-electron chi connectivity index (χ4n) is 8.52. The van der Waals surface area contributed by atoms with Crippen molar-refractivity contribution < 1.29 is 14.3 Å². The number of carbonyl (C=O) groups excluding carboxylic acids is 2. The number of para-hydroxylation sites is 1. The minimum absolute atomic E-state index is 0.0198. The van der Waals surface area contributed by atoms with Gasteiger partial charge in [0.25, 0.3) is 0 Å². The van der Waals surface area contributed by atoms with Gasteiger partial charge in [-0.2, -0.15) is 0 Å². The van der Waals surface area contributed by atoms with Crippen molar-refractivity contribution in [2.24, 2.45) is 11.3 Å². The second kappa shape index (κ2) is 12.8. The quantitative estimate of drug-likeness (QED) is 0.197. The molecule has 2 heterocycles. The van der Waals surface area contributed by atoms with Crippen LogP contribution in [0.3, 0.4) is 0 Å². The molecule has 2 amide bonds. The lowest BCUT2D eigenvalue weighted by atomic mass is 9.78. The van der Waals surface area contributed by atoms with E-state index < -0.39 is 5.54 Å². The number of aromatic amines is 1. The Labute approximate surface area is 278 Å². The zero-order valence-electron chi connectivity index (χ0n) is 28.1. The summed E-state index contributed by atoms with van der Waals surface area (Å²) < 4.78 is 5.51. The van der Waals surface area contributed by atoms with E-state index in [4.69, 9.17) is 4.74 Å². The normalized spacial score (nSPS) is 21.7. The number of hydrogen-bond acceptors (Lipinski definition) is 4. The summed E-state index contributed by atoms with van der Waals surface area (Å²) in [6, 6.07) is 26.8. The Morgan fingerprint density at radius 3 is 2.32 bits per heavy atom. The largest absolute Gasteiger partial charge is 0.378 e. The SMILES string of the molecule is Cc1[nH]c2ccccc2c1[C@@H]1[C@H](CC(=O)N(Cc2ccccc2)C2(C(=O)Nc3ccc(N4CCOCC4)cc3)CCCCC2)C1(C)C. The summed E-state index contributed by atoms with van der Waals surface area (Å²) in [6.45, 7) is 10.4. The Bertz CT molecular complexity index is 1720. The number of hydrogen-bond donors (Lipinski definition) is 2. The molecule has 1 saturated heterocycles. The molecule has 2 N–H and O–H groups in total. The van der Waals surface area contributed by atoms with Gasteiger partial charge in [-0.3, -0.25) is 9.59 Å². The minimum Gasteiger partial charge on any atom is -0.378 e. The predicted molar refractivity (Wildman–Crippen MR) is 189 cm³/mol. The van der Waals surface area contributed by atoms with Crippen LogP contribution in [-0.4, -0.2) is 53.5 Å². The molecule has 7 rings (SSSR count). The molecule has 0 bridgehead atoms. The number of nitrogens with one attached hydrogen (secondary N) is 2. The van der Waals surface area contributed by atoms with Crippen LogP contribution in [0.25, 0.3) is 10.9 Å². The Morgan fingerprint density at radius 2 is 1.60 bits per heavy atom. The molecule has 2 aliphatic carbocycles. The van der Waals surface area contributed by atoms with E-state index in [1.54, 1.807) is 0 Å². The predicted octanol–water partition coefficient (Wildman–Crippen LogP) is 7.81. The lowest BCUT2D eigenvalue weighted by Crippen LogP contribution is -2.59. The number of H-pyrrole nitrogens is 1. The second-order valence-corrected chi connectivity index (χ2v) is 14.5. The molecule has 0 unspecified atom stereocenters. The van der Waals surface area contributed by atoms with Crippen molar-refractivity contribution in [2.75, 3.05) is 36.5 Å². The van der Waals surface area contributed by atoms with Gasteiger partial charge in [-0.15, -0.1) is 0 Å². The summed E-state index contributed by atoms with van der Waals surface area (Å²) in [7, 11) is 0. The number of rotatable bonds is 9. The molecule has 2 atom stereocenters. The van der Waals surface area contributed by atoms with Crippen LogP contribution in [0, 0.1) is 18.3 Å². The van der Waals surface area contributed by atoms with Gasteiger partial charge in [0.1, 0.15) is 5.54 Å². The van der Waals surface area contributed by atoms with Crippen LogP contribution >= 0.6 is 0 Å². The second-order valence-electron chi connectivity index (χ2n) is 14.5. The summed E-state index contributed by atoms with van der Waals surface area (Å²) in [6.07, 6.45) is 4.69. The standard InChI is InChI=1S/C40H48N4O3/c1-28-36(32-14-8-9-15-34(32)41-28)37-33(39(37,2)3)26-35(45)44(27-29-12-6-4-7-13-29)40(20-10-5-11-21-40)38(46)42-30-16-18-31(19-17-30)43-22-24-47-25-23-43/h4,6-9,12-19,33,37,41H,5,10-11,20-27H2,1-3H3,(H,42,46)/t33-,37-/m0/s1. The summed E-state index contributed by atoms with van der Waals surface area (Å²) >= 11 is 0. The number of anilines is 2. The third-order valence-corrected chi connectivity index (χ3v) is 11.3. The maximum absolute atomic E-state index is 14.8. The fourth-order valence-corrected chi connectivity index (χ4v) is 8.52. The molecule has 2 saturated carbocycles. The molecule has 4 aromatic rings. The average Bonchev–Trinajstić information content (AvgIpc) is 3.44. The minimum atomic E-state index is -0.903. The first-order chi connectivity index (χ1) is 22.8. The molecule has 3 aliphatic rings.